The minimum Gasteiger partial charge on any atom is -0.481 e. The zero-order valence-electron chi connectivity index (χ0n) is 11.0. The summed E-state index contributed by atoms with van der Waals surface area (Å²) in [5, 5.41) is 11.6. The summed E-state index contributed by atoms with van der Waals surface area (Å²) in [4.78, 5) is 26.3. The quantitative estimate of drug-likeness (QED) is 0.725. The number of aliphatic carboxylic acids is 1. The summed E-state index contributed by atoms with van der Waals surface area (Å²) in [6, 6.07) is 0.103. The molecular formula is C12H21N3O4. The van der Waals surface area contributed by atoms with Crippen molar-refractivity contribution in [3.8, 4) is 0 Å². The van der Waals surface area contributed by atoms with Crippen LogP contribution < -0.4 is 5.32 Å². The number of rotatable bonds is 4. The monoisotopic (exact) mass is 271 g/mol. The number of carboxylic acids is 1. The van der Waals surface area contributed by atoms with E-state index in [0.29, 0.717) is 32.8 Å². The Labute approximate surface area is 112 Å². The normalized spacial score (nSPS) is 24.4. The van der Waals surface area contributed by atoms with Gasteiger partial charge in [0, 0.05) is 39.3 Å². The van der Waals surface area contributed by atoms with E-state index in [1.807, 2.05) is 0 Å². The molecule has 2 amide bonds. The van der Waals surface area contributed by atoms with Crippen molar-refractivity contribution in [1.29, 1.82) is 0 Å². The van der Waals surface area contributed by atoms with Crippen LogP contribution in [0.3, 0.4) is 0 Å². The third-order valence-corrected chi connectivity index (χ3v) is 3.56. The summed E-state index contributed by atoms with van der Waals surface area (Å²) in [5.41, 5.74) is 0. The highest BCUT2D eigenvalue weighted by atomic mass is 16.5. The van der Waals surface area contributed by atoms with Crippen molar-refractivity contribution < 1.29 is 19.4 Å². The fourth-order valence-electron chi connectivity index (χ4n) is 2.34. The molecule has 2 N–H and O–H groups in total. The summed E-state index contributed by atoms with van der Waals surface area (Å²) >= 11 is 0. The second kappa shape index (κ2) is 6.72. The van der Waals surface area contributed by atoms with Crippen molar-refractivity contribution in [2.45, 2.75) is 18.9 Å². The molecule has 2 fully saturated rings. The van der Waals surface area contributed by atoms with Crippen molar-refractivity contribution >= 4 is 12.0 Å². The lowest BCUT2D eigenvalue weighted by molar-refractivity contribution is -0.137. The van der Waals surface area contributed by atoms with Crippen LogP contribution in [0.25, 0.3) is 0 Å². The molecule has 7 nitrogen and oxygen atoms in total. The number of piperazine rings is 1. The molecule has 1 unspecified atom stereocenters. The van der Waals surface area contributed by atoms with Crippen molar-refractivity contribution in [2.24, 2.45) is 0 Å². The van der Waals surface area contributed by atoms with Gasteiger partial charge in [0.2, 0.25) is 0 Å². The Morgan fingerprint density at radius 3 is 2.58 bits per heavy atom. The SMILES string of the molecule is O=C(O)CCN1CCN(C(=O)NC2CCOC2)CC1. The van der Waals surface area contributed by atoms with E-state index in [-0.39, 0.29) is 18.5 Å². The van der Waals surface area contributed by atoms with Crippen molar-refractivity contribution in [3.63, 3.8) is 0 Å². The number of carbonyl (C=O) groups is 2. The molecule has 0 aromatic heterocycles. The fourth-order valence-corrected chi connectivity index (χ4v) is 2.34. The van der Waals surface area contributed by atoms with Crippen LogP contribution in [0.4, 0.5) is 4.79 Å². The molecule has 2 rings (SSSR count). The van der Waals surface area contributed by atoms with Crippen LogP contribution in [0.1, 0.15) is 12.8 Å². The second-order valence-corrected chi connectivity index (χ2v) is 4.98. The van der Waals surface area contributed by atoms with E-state index < -0.39 is 5.97 Å². The number of carboxylic acid groups (broad SMARTS) is 1. The lowest BCUT2D eigenvalue weighted by Crippen LogP contribution is -2.53. The summed E-state index contributed by atoms with van der Waals surface area (Å²) in [7, 11) is 0. The lowest BCUT2D eigenvalue weighted by Gasteiger charge is -2.34. The maximum Gasteiger partial charge on any atom is 0.317 e. The average molecular weight is 271 g/mol. The molecule has 0 spiro atoms. The zero-order chi connectivity index (χ0) is 13.7. The van der Waals surface area contributed by atoms with Crippen LogP contribution in [0, 0.1) is 0 Å². The van der Waals surface area contributed by atoms with Gasteiger partial charge in [-0.1, -0.05) is 0 Å². The number of hydrogen-bond donors (Lipinski definition) is 2. The smallest absolute Gasteiger partial charge is 0.317 e. The molecule has 1 atom stereocenters. The highest BCUT2D eigenvalue weighted by Gasteiger charge is 2.24. The molecule has 2 saturated heterocycles. The Balaban J connectivity index is 1.67. The third-order valence-electron chi connectivity index (χ3n) is 3.56. The maximum atomic E-state index is 12.0. The van der Waals surface area contributed by atoms with E-state index in [0.717, 1.165) is 19.5 Å². The van der Waals surface area contributed by atoms with E-state index in [9.17, 15) is 9.59 Å². The number of nitrogens with one attached hydrogen (secondary N) is 1. The van der Waals surface area contributed by atoms with Gasteiger partial charge in [0.1, 0.15) is 0 Å². The first-order valence-corrected chi connectivity index (χ1v) is 6.72. The number of carbonyl (C=O) groups excluding carboxylic acids is 1. The van der Waals surface area contributed by atoms with E-state index in [1.54, 1.807) is 4.90 Å². The topological polar surface area (TPSA) is 82.1 Å². The average Bonchev–Trinajstić information content (AvgIpc) is 2.89. The molecule has 0 bridgehead atoms. The molecule has 2 aliphatic heterocycles. The number of nitrogens with zero attached hydrogens (tertiary/aromatic N) is 2. The van der Waals surface area contributed by atoms with Gasteiger partial charge in [0.25, 0.3) is 0 Å². The first kappa shape index (κ1) is 14.1. The van der Waals surface area contributed by atoms with Crippen LogP contribution in [0.15, 0.2) is 0 Å². The molecule has 0 aromatic rings. The molecule has 7 heteroatoms. The Bertz CT molecular complexity index is 323. The van der Waals surface area contributed by atoms with E-state index in [2.05, 4.69) is 10.2 Å². The molecule has 2 aliphatic rings. The summed E-state index contributed by atoms with van der Waals surface area (Å²) in [5.74, 6) is -0.776. The van der Waals surface area contributed by atoms with Gasteiger partial charge in [0.15, 0.2) is 0 Å². The summed E-state index contributed by atoms with van der Waals surface area (Å²) in [6.07, 6.45) is 1.04. The summed E-state index contributed by atoms with van der Waals surface area (Å²) < 4.78 is 5.22. The fraction of sp³-hybridized carbons (Fsp3) is 0.833. The largest absolute Gasteiger partial charge is 0.481 e. The van der Waals surface area contributed by atoms with Gasteiger partial charge in [-0.2, -0.15) is 0 Å². The Hall–Kier alpha value is -1.34. The molecule has 0 radical (unpaired) electrons. The Morgan fingerprint density at radius 1 is 1.26 bits per heavy atom. The van der Waals surface area contributed by atoms with Crippen LogP contribution in [-0.2, 0) is 9.53 Å². The summed E-state index contributed by atoms with van der Waals surface area (Å²) in [6.45, 7) is 4.65. The van der Waals surface area contributed by atoms with Gasteiger partial charge in [-0.05, 0) is 6.42 Å². The van der Waals surface area contributed by atoms with Gasteiger partial charge < -0.3 is 20.1 Å². The van der Waals surface area contributed by atoms with Crippen LogP contribution >= 0.6 is 0 Å². The van der Waals surface area contributed by atoms with E-state index in [1.165, 1.54) is 0 Å². The Kier molecular flexibility index (Phi) is 4.98. The molecule has 2 heterocycles. The van der Waals surface area contributed by atoms with Crippen LogP contribution in [0.2, 0.25) is 0 Å². The molecule has 19 heavy (non-hydrogen) atoms. The van der Waals surface area contributed by atoms with Gasteiger partial charge >= 0.3 is 12.0 Å². The van der Waals surface area contributed by atoms with Crippen molar-refractivity contribution in [1.82, 2.24) is 15.1 Å². The minimum absolute atomic E-state index is 0.0339. The van der Waals surface area contributed by atoms with E-state index >= 15 is 0 Å². The van der Waals surface area contributed by atoms with E-state index in [4.69, 9.17) is 9.84 Å². The predicted molar refractivity (Wildman–Crippen MR) is 68.0 cm³/mol. The number of hydrogen-bond acceptors (Lipinski definition) is 4. The minimum atomic E-state index is -0.776. The van der Waals surface area contributed by atoms with Crippen molar-refractivity contribution in [3.05, 3.63) is 0 Å². The standard InChI is InChI=1S/C12H21N3O4/c16-11(17)1-3-14-4-6-15(7-5-14)12(18)13-10-2-8-19-9-10/h10H,1-9H2,(H,13,18)(H,16,17). The third kappa shape index (κ3) is 4.36. The molecule has 0 aliphatic carbocycles. The molecule has 0 saturated carbocycles. The maximum absolute atomic E-state index is 12.0. The molecule has 0 aromatic carbocycles. The van der Waals surface area contributed by atoms with Crippen LogP contribution in [-0.4, -0.2) is 78.9 Å². The highest BCUT2D eigenvalue weighted by Crippen LogP contribution is 2.07. The van der Waals surface area contributed by atoms with Crippen molar-refractivity contribution in [2.75, 3.05) is 45.9 Å². The van der Waals surface area contributed by atoms with Gasteiger partial charge in [-0.25, -0.2) is 4.79 Å². The number of urea groups is 1. The number of amides is 2. The van der Waals surface area contributed by atoms with Gasteiger partial charge in [-0.3, -0.25) is 9.69 Å². The Morgan fingerprint density at radius 2 is 2.00 bits per heavy atom. The lowest BCUT2D eigenvalue weighted by atomic mass is 10.2. The predicted octanol–water partition coefficient (Wildman–Crippen LogP) is -0.423. The molecule has 108 valence electrons. The second-order valence-electron chi connectivity index (χ2n) is 4.98. The van der Waals surface area contributed by atoms with Crippen LogP contribution in [0.5, 0.6) is 0 Å². The number of ether oxygens (including phenoxy) is 1. The zero-order valence-corrected chi connectivity index (χ0v) is 11.0. The first-order valence-electron chi connectivity index (χ1n) is 6.72. The highest BCUT2D eigenvalue weighted by molar-refractivity contribution is 5.74. The van der Waals surface area contributed by atoms with Gasteiger partial charge in [0.05, 0.1) is 19.1 Å². The van der Waals surface area contributed by atoms with Gasteiger partial charge in [-0.15, -0.1) is 0 Å². The first-order chi connectivity index (χ1) is 9.15. The molecular weight excluding hydrogens is 250 g/mol.